The Bertz CT molecular complexity index is 651. The van der Waals surface area contributed by atoms with Crippen LogP contribution in [0.4, 0.5) is 4.39 Å². The van der Waals surface area contributed by atoms with Crippen molar-refractivity contribution in [1.29, 1.82) is 0 Å². The van der Waals surface area contributed by atoms with Gasteiger partial charge in [-0.2, -0.15) is 4.31 Å². The highest BCUT2D eigenvalue weighted by Gasteiger charge is 2.31. The van der Waals surface area contributed by atoms with Crippen molar-refractivity contribution in [3.05, 3.63) is 30.1 Å². The van der Waals surface area contributed by atoms with Gasteiger partial charge in [-0.3, -0.25) is 4.79 Å². The highest BCUT2D eigenvalue weighted by Crippen LogP contribution is 2.24. The number of sulfonamides is 1. The van der Waals surface area contributed by atoms with Crippen LogP contribution in [-0.2, 0) is 14.8 Å². The average Bonchev–Trinajstić information content (AvgIpc) is 2.55. The van der Waals surface area contributed by atoms with Crippen LogP contribution in [0.2, 0.25) is 0 Å². The number of hydrogen-bond donors (Lipinski definition) is 1. The van der Waals surface area contributed by atoms with Gasteiger partial charge >= 0.3 is 0 Å². The van der Waals surface area contributed by atoms with E-state index in [0.29, 0.717) is 38.4 Å². The number of carbonyl (C=O) groups is 1. The zero-order chi connectivity index (χ0) is 17.7. The van der Waals surface area contributed by atoms with Crippen LogP contribution >= 0.6 is 0 Å². The van der Waals surface area contributed by atoms with Gasteiger partial charge in [-0.15, -0.1) is 0 Å². The second-order valence-corrected chi connectivity index (χ2v) is 8.54. The van der Waals surface area contributed by atoms with Gasteiger partial charge in [0.2, 0.25) is 15.9 Å². The lowest BCUT2D eigenvalue weighted by Crippen LogP contribution is -2.43. The molecule has 24 heavy (non-hydrogen) atoms. The fourth-order valence-corrected chi connectivity index (χ4v) is 4.21. The van der Waals surface area contributed by atoms with Gasteiger partial charge in [0.1, 0.15) is 5.82 Å². The molecule has 134 valence electrons. The molecule has 0 bridgehead atoms. The van der Waals surface area contributed by atoms with Crippen molar-refractivity contribution in [1.82, 2.24) is 9.62 Å². The van der Waals surface area contributed by atoms with Crippen molar-refractivity contribution in [3.8, 4) is 0 Å². The number of piperidine rings is 1. The molecule has 1 aliphatic rings. The predicted molar refractivity (Wildman–Crippen MR) is 90.3 cm³/mol. The first-order valence-electron chi connectivity index (χ1n) is 8.34. The van der Waals surface area contributed by atoms with Crippen LogP contribution in [0.5, 0.6) is 0 Å². The maximum atomic E-state index is 13.0. The zero-order valence-electron chi connectivity index (χ0n) is 14.2. The smallest absolute Gasteiger partial charge is 0.243 e. The molecule has 5 nitrogen and oxygen atoms in total. The van der Waals surface area contributed by atoms with Crippen molar-refractivity contribution < 1.29 is 17.6 Å². The van der Waals surface area contributed by atoms with Crippen molar-refractivity contribution in [3.63, 3.8) is 0 Å². The molecule has 0 atom stereocenters. The third-order valence-electron chi connectivity index (χ3n) is 4.30. The number of rotatable bonds is 6. The normalized spacial score (nSPS) is 17.2. The standard InChI is InChI=1S/C17H25FN2O3S/c1-13(2)7-10-19-17(21)14-8-11-20(12-9-14)24(22,23)16-5-3-15(18)4-6-16/h3-6,13-14H,7-12H2,1-2H3,(H,19,21). The van der Waals surface area contributed by atoms with Crippen molar-refractivity contribution in [2.45, 2.75) is 38.0 Å². The molecule has 0 saturated carbocycles. The molecule has 0 spiro atoms. The van der Waals surface area contributed by atoms with Crippen LogP contribution in [0.25, 0.3) is 0 Å². The van der Waals surface area contributed by atoms with Crippen LogP contribution in [-0.4, -0.2) is 38.3 Å². The first-order valence-corrected chi connectivity index (χ1v) is 9.78. The van der Waals surface area contributed by atoms with Crippen LogP contribution in [0, 0.1) is 17.7 Å². The first-order chi connectivity index (χ1) is 11.3. The molecular formula is C17H25FN2O3S. The van der Waals surface area contributed by atoms with Crippen LogP contribution in [0.15, 0.2) is 29.2 Å². The minimum atomic E-state index is -3.62. The van der Waals surface area contributed by atoms with E-state index >= 15 is 0 Å². The summed E-state index contributed by atoms with van der Waals surface area (Å²) in [4.78, 5) is 12.2. The molecule has 1 heterocycles. The number of hydrogen-bond acceptors (Lipinski definition) is 3. The molecule has 1 saturated heterocycles. The third kappa shape index (κ3) is 4.77. The Morgan fingerprint density at radius 1 is 1.25 bits per heavy atom. The van der Waals surface area contributed by atoms with Gasteiger partial charge in [0.15, 0.2) is 0 Å². The summed E-state index contributed by atoms with van der Waals surface area (Å²) >= 11 is 0. The van der Waals surface area contributed by atoms with Crippen molar-refractivity contribution in [2.24, 2.45) is 11.8 Å². The number of halogens is 1. The van der Waals surface area contributed by atoms with Crippen LogP contribution in [0.1, 0.15) is 33.1 Å². The minimum Gasteiger partial charge on any atom is -0.356 e. The highest BCUT2D eigenvalue weighted by atomic mass is 32.2. The molecule has 1 N–H and O–H groups in total. The minimum absolute atomic E-state index is 0.00878. The Morgan fingerprint density at radius 3 is 2.38 bits per heavy atom. The van der Waals surface area contributed by atoms with Gasteiger partial charge in [0.25, 0.3) is 0 Å². The second-order valence-electron chi connectivity index (χ2n) is 6.61. The van der Waals surface area contributed by atoms with E-state index < -0.39 is 15.8 Å². The molecular weight excluding hydrogens is 331 g/mol. The Labute approximate surface area is 143 Å². The second kappa shape index (κ2) is 8.07. The molecule has 0 radical (unpaired) electrons. The van der Waals surface area contributed by atoms with Gasteiger partial charge in [-0.05, 0) is 49.4 Å². The maximum absolute atomic E-state index is 13.0. The van der Waals surface area contributed by atoms with E-state index in [1.807, 2.05) is 0 Å². The van der Waals surface area contributed by atoms with Crippen LogP contribution in [0.3, 0.4) is 0 Å². The molecule has 0 unspecified atom stereocenters. The first kappa shape index (κ1) is 18.9. The summed E-state index contributed by atoms with van der Waals surface area (Å²) in [6, 6.07) is 4.83. The monoisotopic (exact) mass is 356 g/mol. The van der Waals surface area contributed by atoms with E-state index in [1.54, 1.807) is 0 Å². The molecule has 1 aliphatic heterocycles. The third-order valence-corrected chi connectivity index (χ3v) is 6.21. The number of carbonyl (C=O) groups excluding carboxylic acids is 1. The Hall–Kier alpha value is -1.47. The number of amides is 1. The summed E-state index contributed by atoms with van der Waals surface area (Å²) in [5, 5.41) is 2.93. The molecule has 0 aromatic heterocycles. The van der Waals surface area contributed by atoms with Gasteiger partial charge in [0, 0.05) is 25.6 Å². The van der Waals surface area contributed by atoms with Gasteiger partial charge in [0.05, 0.1) is 4.90 Å². The number of benzene rings is 1. The topological polar surface area (TPSA) is 66.5 Å². The highest BCUT2D eigenvalue weighted by molar-refractivity contribution is 7.89. The Kier molecular flexibility index (Phi) is 6.34. The summed E-state index contributed by atoms with van der Waals surface area (Å²) < 4.78 is 39.4. The zero-order valence-corrected chi connectivity index (χ0v) is 15.0. The van der Waals surface area contributed by atoms with Crippen molar-refractivity contribution in [2.75, 3.05) is 19.6 Å². The maximum Gasteiger partial charge on any atom is 0.243 e. The SMILES string of the molecule is CC(C)CCNC(=O)C1CCN(S(=O)(=O)c2ccc(F)cc2)CC1. The molecule has 0 aliphatic carbocycles. The van der Waals surface area contributed by atoms with Gasteiger partial charge in [-0.25, -0.2) is 12.8 Å². The Balaban J connectivity index is 1.90. The van der Waals surface area contributed by atoms with E-state index in [0.717, 1.165) is 18.6 Å². The van der Waals surface area contributed by atoms with E-state index in [9.17, 15) is 17.6 Å². The quantitative estimate of drug-likeness (QED) is 0.851. The Morgan fingerprint density at radius 2 is 1.83 bits per heavy atom. The fraction of sp³-hybridized carbons (Fsp3) is 0.588. The predicted octanol–water partition coefficient (Wildman–Crippen LogP) is 2.39. The molecule has 7 heteroatoms. The fourth-order valence-electron chi connectivity index (χ4n) is 2.74. The van der Waals surface area contributed by atoms with Crippen molar-refractivity contribution >= 4 is 15.9 Å². The summed E-state index contributed by atoms with van der Waals surface area (Å²) in [7, 11) is -3.62. The van der Waals surface area contributed by atoms with Crippen LogP contribution < -0.4 is 5.32 Å². The summed E-state index contributed by atoms with van der Waals surface area (Å²) in [5.74, 6) is -0.0648. The summed E-state index contributed by atoms with van der Waals surface area (Å²) in [6.45, 7) is 5.48. The van der Waals surface area contributed by atoms with Gasteiger partial charge < -0.3 is 5.32 Å². The molecule has 1 amide bonds. The molecule has 1 aromatic rings. The number of nitrogens with zero attached hydrogens (tertiary/aromatic N) is 1. The molecule has 2 rings (SSSR count). The average molecular weight is 356 g/mol. The number of nitrogens with one attached hydrogen (secondary N) is 1. The lowest BCUT2D eigenvalue weighted by Gasteiger charge is -2.30. The lowest BCUT2D eigenvalue weighted by atomic mass is 9.97. The van der Waals surface area contributed by atoms with E-state index in [2.05, 4.69) is 19.2 Å². The largest absolute Gasteiger partial charge is 0.356 e. The molecule has 1 fully saturated rings. The van der Waals surface area contributed by atoms with E-state index in [1.165, 1.54) is 16.4 Å². The summed E-state index contributed by atoms with van der Waals surface area (Å²) in [5.41, 5.74) is 0. The lowest BCUT2D eigenvalue weighted by molar-refractivity contribution is -0.126. The molecule has 1 aromatic carbocycles. The van der Waals surface area contributed by atoms with E-state index in [-0.39, 0.29) is 16.7 Å². The van der Waals surface area contributed by atoms with E-state index in [4.69, 9.17) is 0 Å². The van der Waals surface area contributed by atoms with Gasteiger partial charge in [-0.1, -0.05) is 13.8 Å². The summed E-state index contributed by atoms with van der Waals surface area (Å²) in [6.07, 6.45) is 1.95.